The molecule has 3 fully saturated rings. The van der Waals surface area contributed by atoms with Gasteiger partial charge in [0.25, 0.3) is 11.8 Å². The number of unbranched alkanes of at least 4 members (excludes halogenated alkanes) is 1. The van der Waals surface area contributed by atoms with Gasteiger partial charge >= 0.3 is 0 Å². The molecule has 2 aliphatic carbocycles. The molecule has 5 unspecified atom stereocenters. The number of ketones is 2. The maximum absolute atomic E-state index is 13.9. The summed E-state index contributed by atoms with van der Waals surface area (Å²) in [6.07, 6.45) is 6.12. The minimum atomic E-state index is -1.14. The third kappa shape index (κ3) is 6.16. The molecule has 1 aromatic heterocycles. The molecular formula is C30H36Cl2N4O5. The molecule has 0 spiro atoms. The van der Waals surface area contributed by atoms with E-state index >= 15 is 0 Å². The van der Waals surface area contributed by atoms with E-state index in [1.165, 1.54) is 0 Å². The monoisotopic (exact) mass is 602 g/mol. The summed E-state index contributed by atoms with van der Waals surface area (Å²) in [5.41, 5.74) is 0.911. The van der Waals surface area contributed by atoms with Crippen molar-refractivity contribution in [3.8, 4) is 0 Å². The number of nitrogens with one attached hydrogen (secondary N) is 3. The molecule has 1 aliphatic heterocycles. The highest BCUT2D eigenvalue weighted by atomic mass is 35.5. The van der Waals surface area contributed by atoms with E-state index in [1.54, 1.807) is 23.1 Å². The number of fused-ring (bicyclic) bond motifs is 2. The number of Topliss-reactive ketones (excluding diaryl/α,β-unsaturated/α-hetero) is 2. The second kappa shape index (κ2) is 12.5. The highest BCUT2D eigenvalue weighted by Crippen LogP contribution is 2.43. The van der Waals surface area contributed by atoms with Crippen LogP contribution >= 0.6 is 23.2 Å². The number of aromatic amines is 1. The number of rotatable bonds is 10. The van der Waals surface area contributed by atoms with Gasteiger partial charge in [-0.25, -0.2) is 0 Å². The molecule has 2 aromatic rings. The van der Waals surface area contributed by atoms with Gasteiger partial charge in [-0.05, 0) is 68.6 Å². The Bertz CT molecular complexity index is 1370. The second-order valence-corrected chi connectivity index (χ2v) is 12.5. The van der Waals surface area contributed by atoms with Crippen LogP contribution < -0.4 is 10.6 Å². The molecule has 5 rings (SSSR count). The fourth-order valence-corrected chi connectivity index (χ4v) is 7.36. The van der Waals surface area contributed by atoms with Gasteiger partial charge in [-0.1, -0.05) is 43.0 Å². The van der Waals surface area contributed by atoms with Crippen molar-refractivity contribution < 1.29 is 24.0 Å². The predicted molar refractivity (Wildman–Crippen MR) is 156 cm³/mol. The van der Waals surface area contributed by atoms with Crippen LogP contribution in [0.1, 0.15) is 75.2 Å². The van der Waals surface area contributed by atoms with Gasteiger partial charge < -0.3 is 20.5 Å². The summed E-state index contributed by atoms with van der Waals surface area (Å²) in [6, 6.07) is 3.03. The Kier molecular flexibility index (Phi) is 9.04. The molecule has 41 heavy (non-hydrogen) atoms. The molecule has 3 aliphatic rings. The molecule has 0 bridgehead atoms. The quantitative estimate of drug-likeness (QED) is 0.273. The summed E-state index contributed by atoms with van der Waals surface area (Å²) < 4.78 is 0. The fraction of sp³-hybridized carbons (Fsp3) is 0.567. The van der Waals surface area contributed by atoms with E-state index in [0.29, 0.717) is 52.6 Å². The Labute approximate surface area is 249 Å². The van der Waals surface area contributed by atoms with Crippen molar-refractivity contribution in [2.24, 2.45) is 17.8 Å². The SMILES string of the molecule is CCCCNC(=O)C(=O)C(CC1CCCC1=O)NC(=O)C1C2CCCC2CN1C(=O)c1cc2c(Cl)cc(Cl)cc2[nH]1. The Hall–Kier alpha value is -2.91. The number of aromatic nitrogens is 1. The second-order valence-electron chi connectivity index (χ2n) is 11.6. The Morgan fingerprint density at radius 2 is 1.90 bits per heavy atom. The summed E-state index contributed by atoms with van der Waals surface area (Å²) in [6.45, 7) is 2.76. The maximum Gasteiger partial charge on any atom is 0.289 e. The van der Waals surface area contributed by atoms with Crippen LogP contribution in [0.4, 0.5) is 0 Å². The van der Waals surface area contributed by atoms with E-state index in [4.69, 9.17) is 23.2 Å². The van der Waals surface area contributed by atoms with E-state index in [0.717, 1.165) is 38.5 Å². The Morgan fingerprint density at radius 3 is 2.63 bits per heavy atom. The van der Waals surface area contributed by atoms with E-state index in [1.807, 2.05) is 6.92 Å². The van der Waals surface area contributed by atoms with E-state index in [-0.39, 0.29) is 35.9 Å². The van der Waals surface area contributed by atoms with Gasteiger partial charge in [0.1, 0.15) is 17.5 Å². The number of H-pyrrole nitrogens is 1. The van der Waals surface area contributed by atoms with Crippen molar-refractivity contribution in [3.63, 3.8) is 0 Å². The summed E-state index contributed by atoms with van der Waals surface area (Å²) in [4.78, 5) is 70.8. The Balaban J connectivity index is 1.39. The third-order valence-corrected chi connectivity index (χ3v) is 9.46. The normalized spacial score (nSPS) is 24.5. The standard InChI is InChI=1S/C30H36Cl2N4O5/c1-2-3-10-33-29(40)27(38)23(11-16-6-5-9-25(16)37)35-28(39)26-19-8-4-7-17(19)15-36(26)30(41)24-14-20-21(32)12-18(31)13-22(20)34-24/h12-14,16-17,19,23,26,34H,2-11,15H2,1H3,(H,33,40)(H,35,39). The molecule has 9 nitrogen and oxygen atoms in total. The van der Waals surface area contributed by atoms with Crippen LogP contribution in [0.2, 0.25) is 10.0 Å². The zero-order valence-electron chi connectivity index (χ0n) is 23.1. The number of carbonyl (C=O) groups is 5. The molecule has 2 heterocycles. The van der Waals surface area contributed by atoms with Crippen molar-refractivity contribution in [3.05, 3.63) is 33.9 Å². The van der Waals surface area contributed by atoms with Crippen molar-refractivity contribution >= 4 is 63.4 Å². The fourth-order valence-electron chi connectivity index (χ4n) is 6.82. The lowest BCUT2D eigenvalue weighted by Gasteiger charge is -2.29. The van der Waals surface area contributed by atoms with E-state index < -0.39 is 29.7 Å². The number of likely N-dealkylation sites (tertiary alicyclic amines) is 1. The predicted octanol–water partition coefficient (Wildman–Crippen LogP) is 4.44. The number of halogens is 2. The zero-order chi connectivity index (χ0) is 29.3. The van der Waals surface area contributed by atoms with Crippen LogP contribution in [-0.4, -0.2) is 64.3 Å². The van der Waals surface area contributed by atoms with Crippen molar-refractivity contribution in [1.82, 2.24) is 20.5 Å². The minimum absolute atomic E-state index is 0.0505. The van der Waals surface area contributed by atoms with Crippen molar-refractivity contribution in [2.75, 3.05) is 13.1 Å². The van der Waals surface area contributed by atoms with Gasteiger partial charge in [-0.3, -0.25) is 24.0 Å². The zero-order valence-corrected chi connectivity index (χ0v) is 24.7. The molecule has 3 N–H and O–H groups in total. The molecule has 1 aromatic carbocycles. The van der Waals surface area contributed by atoms with Gasteiger partial charge in [0.05, 0.1) is 11.1 Å². The molecule has 5 atom stereocenters. The van der Waals surface area contributed by atoms with Crippen LogP contribution in [0.25, 0.3) is 10.9 Å². The number of carbonyl (C=O) groups excluding carboxylic acids is 5. The first-order chi connectivity index (χ1) is 19.7. The first-order valence-corrected chi connectivity index (χ1v) is 15.4. The minimum Gasteiger partial charge on any atom is -0.350 e. The number of hydrogen-bond donors (Lipinski definition) is 3. The maximum atomic E-state index is 13.9. The highest BCUT2D eigenvalue weighted by molar-refractivity contribution is 6.39. The summed E-state index contributed by atoms with van der Waals surface area (Å²) >= 11 is 12.5. The molecule has 1 saturated heterocycles. The highest BCUT2D eigenvalue weighted by Gasteiger charge is 2.50. The summed E-state index contributed by atoms with van der Waals surface area (Å²) in [5, 5.41) is 6.96. The lowest BCUT2D eigenvalue weighted by molar-refractivity contribution is -0.141. The molecule has 220 valence electrons. The Morgan fingerprint density at radius 1 is 1.10 bits per heavy atom. The topological polar surface area (TPSA) is 128 Å². The average molecular weight is 604 g/mol. The lowest BCUT2D eigenvalue weighted by atomic mass is 9.91. The van der Waals surface area contributed by atoms with Crippen LogP contribution in [0, 0.1) is 17.8 Å². The van der Waals surface area contributed by atoms with Crippen LogP contribution in [0.5, 0.6) is 0 Å². The largest absolute Gasteiger partial charge is 0.350 e. The first-order valence-electron chi connectivity index (χ1n) is 14.6. The van der Waals surface area contributed by atoms with Crippen LogP contribution in [0.3, 0.4) is 0 Å². The van der Waals surface area contributed by atoms with Crippen LogP contribution in [-0.2, 0) is 19.2 Å². The number of benzene rings is 1. The van der Waals surface area contributed by atoms with E-state index in [9.17, 15) is 24.0 Å². The van der Waals surface area contributed by atoms with Crippen molar-refractivity contribution in [1.29, 1.82) is 0 Å². The van der Waals surface area contributed by atoms with Gasteiger partial charge in [0, 0.05) is 41.4 Å². The number of amides is 3. The van der Waals surface area contributed by atoms with Crippen LogP contribution in [0.15, 0.2) is 18.2 Å². The number of nitrogens with zero attached hydrogens (tertiary/aromatic N) is 1. The third-order valence-electron chi connectivity index (χ3n) is 8.93. The van der Waals surface area contributed by atoms with Gasteiger partial charge in [-0.15, -0.1) is 0 Å². The molecular weight excluding hydrogens is 567 g/mol. The number of hydrogen-bond acceptors (Lipinski definition) is 5. The smallest absolute Gasteiger partial charge is 0.289 e. The lowest BCUT2D eigenvalue weighted by Crippen LogP contribution is -2.55. The average Bonchev–Trinajstić information content (AvgIpc) is 3.71. The molecule has 0 radical (unpaired) electrons. The van der Waals surface area contributed by atoms with Gasteiger partial charge in [0.15, 0.2) is 0 Å². The summed E-state index contributed by atoms with van der Waals surface area (Å²) in [7, 11) is 0. The molecule has 3 amide bonds. The van der Waals surface area contributed by atoms with Gasteiger partial charge in [0.2, 0.25) is 11.7 Å². The van der Waals surface area contributed by atoms with Gasteiger partial charge in [-0.2, -0.15) is 0 Å². The summed E-state index contributed by atoms with van der Waals surface area (Å²) in [5.74, 6) is -2.53. The van der Waals surface area contributed by atoms with E-state index in [2.05, 4.69) is 15.6 Å². The van der Waals surface area contributed by atoms with Crippen molar-refractivity contribution in [2.45, 2.75) is 76.8 Å². The molecule has 2 saturated carbocycles. The first kappa shape index (κ1) is 29.6. The molecule has 11 heteroatoms.